The molecule has 0 atom stereocenters. The minimum atomic E-state index is -0.410. The second-order valence-corrected chi connectivity index (χ2v) is 15.0. The van der Waals surface area contributed by atoms with Crippen LogP contribution in [0.5, 0.6) is 0 Å². The molecule has 0 bridgehead atoms. The van der Waals surface area contributed by atoms with E-state index in [4.69, 9.17) is 6.85 Å². The molecule has 2 heteroatoms. The molecule has 1 aromatic heterocycles. The van der Waals surface area contributed by atoms with Crippen molar-refractivity contribution in [2.75, 3.05) is 4.90 Å². The van der Waals surface area contributed by atoms with Crippen LogP contribution in [-0.4, -0.2) is 4.57 Å². The van der Waals surface area contributed by atoms with Gasteiger partial charge in [0.25, 0.3) is 0 Å². The van der Waals surface area contributed by atoms with Crippen LogP contribution in [0.15, 0.2) is 243 Å². The lowest BCUT2D eigenvalue weighted by Gasteiger charge is -2.27. The van der Waals surface area contributed by atoms with Gasteiger partial charge in [0.05, 0.1) is 17.9 Å². The third-order valence-electron chi connectivity index (χ3n) is 11.4. The van der Waals surface area contributed by atoms with Crippen LogP contribution in [-0.2, 0) is 0 Å². The van der Waals surface area contributed by atoms with Gasteiger partial charge in [0, 0.05) is 33.5 Å². The Hall–Kier alpha value is -7.94. The Morgan fingerprint density at radius 2 is 0.867 bits per heavy atom. The third kappa shape index (κ3) is 6.51. The van der Waals surface area contributed by atoms with Gasteiger partial charge in [-0.15, -0.1) is 0 Å². The molecule has 0 spiro atoms. The molecule has 0 aliphatic heterocycles. The first-order valence-corrected chi connectivity index (χ1v) is 20.2. The summed E-state index contributed by atoms with van der Waals surface area (Å²) < 4.78 is 44.6. The Morgan fingerprint density at radius 3 is 1.58 bits per heavy atom. The summed E-state index contributed by atoms with van der Waals surface area (Å²) in [6.45, 7) is 0. The van der Waals surface area contributed by atoms with Crippen molar-refractivity contribution in [3.8, 4) is 50.2 Å². The predicted molar refractivity (Wildman–Crippen MR) is 255 cm³/mol. The van der Waals surface area contributed by atoms with Gasteiger partial charge < -0.3 is 9.47 Å². The number of anilines is 3. The van der Waals surface area contributed by atoms with Crippen molar-refractivity contribution in [3.05, 3.63) is 243 Å². The maximum Gasteiger partial charge on any atom is 0.0629 e. The van der Waals surface area contributed by atoms with Crippen molar-refractivity contribution < 1.29 is 6.85 Å². The van der Waals surface area contributed by atoms with Gasteiger partial charge in [-0.05, 0) is 122 Å². The fraction of sp³-hybridized carbons (Fsp3) is 0. The van der Waals surface area contributed by atoms with Crippen LogP contribution in [0, 0.1) is 0 Å². The Kier molecular flexibility index (Phi) is 7.59. The van der Waals surface area contributed by atoms with Gasteiger partial charge in [-0.3, -0.25) is 0 Å². The molecule has 1 heterocycles. The zero-order valence-electron chi connectivity index (χ0n) is 37.6. The molecule has 0 aliphatic rings. The first-order valence-electron chi connectivity index (χ1n) is 22.7. The number of benzene rings is 10. The van der Waals surface area contributed by atoms with Crippen LogP contribution < -0.4 is 4.90 Å². The number of hydrogen-bond donors (Lipinski definition) is 0. The molecule has 11 aromatic rings. The van der Waals surface area contributed by atoms with E-state index < -0.39 is 6.04 Å². The summed E-state index contributed by atoms with van der Waals surface area (Å²) in [6, 6.07) is 72.6. The van der Waals surface area contributed by atoms with Gasteiger partial charge in [0.2, 0.25) is 0 Å². The highest BCUT2D eigenvalue weighted by atomic mass is 15.1. The van der Waals surface area contributed by atoms with E-state index in [1.807, 2.05) is 36.4 Å². The molecule has 0 N–H and O–H groups in total. The van der Waals surface area contributed by atoms with E-state index in [1.165, 1.54) is 16.3 Å². The second-order valence-electron chi connectivity index (χ2n) is 15.0. The number of fused-ring (bicyclic) bond motifs is 4. The third-order valence-corrected chi connectivity index (χ3v) is 11.4. The minimum absolute atomic E-state index is 0.170. The molecule has 0 saturated heterocycles. The molecule has 0 aliphatic carbocycles. The average Bonchev–Trinajstić information content (AvgIpc) is 3.69. The maximum absolute atomic E-state index is 8.70. The lowest BCUT2D eigenvalue weighted by Crippen LogP contribution is -2.10. The summed E-state index contributed by atoms with van der Waals surface area (Å²) in [4.78, 5) is 2.24. The zero-order valence-corrected chi connectivity index (χ0v) is 32.6. The fourth-order valence-corrected chi connectivity index (χ4v) is 8.50. The first kappa shape index (κ1) is 30.2. The number of para-hydroxylation sites is 1. The number of nitrogens with zero attached hydrogens (tertiary/aromatic N) is 2. The summed E-state index contributed by atoms with van der Waals surface area (Å²) in [5, 5.41) is 4.71. The van der Waals surface area contributed by atoms with Gasteiger partial charge in [-0.2, -0.15) is 0 Å². The smallest absolute Gasteiger partial charge is 0.0629 e. The summed E-state index contributed by atoms with van der Waals surface area (Å²) in [5.41, 5.74) is 13.2. The Balaban J connectivity index is 1.11. The molecule has 2 nitrogen and oxygen atoms in total. The van der Waals surface area contributed by atoms with Gasteiger partial charge in [0.15, 0.2) is 0 Å². The summed E-state index contributed by atoms with van der Waals surface area (Å²) in [6.07, 6.45) is 0. The predicted octanol–water partition coefficient (Wildman–Crippen LogP) is 16.1. The summed E-state index contributed by atoms with van der Waals surface area (Å²) >= 11 is 0. The van der Waals surface area contributed by atoms with Crippen molar-refractivity contribution in [1.29, 1.82) is 0 Å². The lowest BCUT2D eigenvalue weighted by molar-refractivity contribution is 1.18. The van der Waals surface area contributed by atoms with Crippen molar-refractivity contribution >= 4 is 49.6 Å². The zero-order chi connectivity index (χ0) is 44.2. The Labute approximate surface area is 357 Å². The number of aromatic nitrogens is 1. The van der Waals surface area contributed by atoms with Crippen LogP contribution in [0.25, 0.3) is 82.8 Å². The quantitative estimate of drug-likeness (QED) is 0.149. The van der Waals surface area contributed by atoms with Crippen LogP contribution in [0.1, 0.15) is 6.85 Å². The minimum Gasteiger partial charge on any atom is -0.310 e. The highest BCUT2D eigenvalue weighted by Gasteiger charge is 2.19. The van der Waals surface area contributed by atoms with Crippen molar-refractivity contribution in [2.24, 2.45) is 0 Å². The van der Waals surface area contributed by atoms with Gasteiger partial charge in [-0.25, -0.2) is 0 Å². The first-order chi connectivity index (χ1) is 31.8. The molecule has 282 valence electrons. The van der Waals surface area contributed by atoms with Crippen LogP contribution >= 0.6 is 0 Å². The van der Waals surface area contributed by atoms with Gasteiger partial charge in [-0.1, -0.05) is 176 Å². The molecule has 11 rings (SSSR count). The van der Waals surface area contributed by atoms with E-state index in [9.17, 15) is 0 Å². The van der Waals surface area contributed by atoms with Crippen molar-refractivity contribution in [2.45, 2.75) is 0 Å². The van der Waals surface area contributed by atoms with E-state index in [-0.39, 0.29) is 29.7 Å². The fourth-order valence-electron chi connectivity index (χ4n) is 8.50. The molecule has 10 aromatic carbocycles. The Morgan fingerprint density at radius 1 is 0.317 bits per heavy atom. The lowest BCUT2D eigenvalue weighted by atomic mass is 9.97. The maximum atomic E-state index is 8.70. The molecule has 0 saturated carbocycles. The van der Waals surface area contributed by atoms with E-state index in [2.05, 4.69) is 185 Å². The molecule has 0 unspecified atom stereocenters. The summed E-state index contributed by atoms with van der Waals surface area (Å²) in [7, 11) is 0. The molecule has 60 heavy (non-hydrogen) atoms. The highest BCUT2D eigenvalue weighted by Crippen LogP contribution is 2.43. The van der Waals surface area contributed by atoms with Crippen LogP contribution in [0.4, 0.5) is 17.1 Å². The van der Waals surface area contributed by atoms with E-state index in [0.717, 1.165) is 72.4 Å². The van der Waals surface area contributed by atoms with E-state index >= 15 is 0 Å². The number of rotatable bonds is 8. The van der Waals surface area contributed by atoms with E-state index in [0.29, 0.717) is 5.56 Å². The van der Waals surface area contributed by atoms with Gasteiger partial charge in [0.1, 0.15) is 0 Å². The van der Waals surface area contributed by atoms with Crippen LogP contribution in [0.3, 0.4) is 0 Å². The van der Waals surface area contributed by atoms with Gasteiger partial charge >= 0.3 is 0 Å². The summed E-state index contributed by atoms with van der Waals surface area (Å²) in [5.74, 6) is 0. The molecular formula is C58H40N2. The molecule has 0 amide bonds. The normalized spacial score (nSPS) is 12.5. The second kappa shape index (κ2) is 15.1. The largest absolute Gasteiger partial charge is 0.310 e. The molecule has 0 radical (unpaired) electrons. The van der Waals surface area contributed by atoms with Crippen molar-refractivity contribution in [1.82, 2.24) is 4.57 Å². The van der Waals surface area contributed by atoms with Crippen molar-refractivity contribution in [3.63, 3.8) is 0 Å². The highest BCUT2D eigenvalue weighted by molar-refractivity contribution is 6.10. The SMILES string of the molecule is [2H]c1c([2H])c([2H])c(-c2ccc(N(c3cc(-c4ccccc4)cc(-c4ccccc4)c3)c3ccc4c5ccccc5n(-c5ccc(-c6ccc7ccccc7c6)cc5)c4c3)cc2)c([2H])c1[2H]. The molecule has 0 fully saturated rings. The standard InChI is InChI=1S/C58H40N2/c1-4-14-41(15-5-1)45-26-30-51(31-27-45)59(54-38-49(42-16-6-2-7-17-42)37-50(39-54)43-18-8-3-9-19-43)53-34-35-56-55-22-12-13-23-57(55)60(58(56)40-53)52-32-28-46(29-33-52)48-25-24-44-20-10-11-21-47(44)36-48/h1-40H/i1D,4D,5D,14D,15D. The topological polar surface area (TPSA) is 8.17 Å². The monoisotopic (exact) mass is 769 g/mol. The molecular weight excluding hydrogens is 725 g/mol. The van der Waals surface area contributed by atoms with E-state index in [1.54, 1.807) is 0 Å². The van der Waals surface area contributed by atoms with Crippen LogP contribution in [0.2, 0.25) is 0 Å². The Bertz CT molecular complexity index is 3500. The average molecular weight is 770 g/mol. The number of hydrogen-bond acceptors (Lipinski definition) is 1.